The average molecular weight is 346 g/mol. The molecule has 1 aromatic carbocycles. The van der Waals surface area contributed by atoms with Crippen LogP contribution in [0.4, 0.5) is 4.79 Å². The van der Waals surface area contributed by atoms with E-state index < -0.39 is 5.60 Å². The summed E-state index contributed by atoms with van der Waals surface area (Å²) in [6, 6.07) is 11.4. The summed E-state index contributed by atoms with van der Waals surface area (Å²) in [5.74, 6) is 0. The van der Waals surface area contributed by atoms with Gasteiger partial charge in [-0.25, -0.2) is 4.79 Å². The van der Waals surface area contributed by atoms with E-state index in [1.165, 1.54) is 11.3 Å². The zero-order valence-electron chi connectivity index (χ0n) is 13.6. The molecule has 128 valence electrons. The number of hydrogen-bond donors (Lipinski definition) is 3. The average Bonchev–Trinajstić information content (AvgIpc) is 3.26. The van der Waals surface area contributed by atoms with Gasteiger partial charge in [-0.05, 0) is 41.3 Å². The summed E-state index contributed by atoms with van der Waals surface area (Å²) in [6.07, 6.45) is 0.641. The second-order valence-electron chi connectivity index (χ2n) is 6.21. The summed E-state index contributed by atoms with van der Waals surface area (Å²) in [5.41, 5.74) is 0.784. The maximum absolute atomic E-state index is 12.2. The van der Waals surface area contributed by atoms with E-state index in [4.69, 9.17) is 4.74 Å². The molecule has 0 radical (unpaired) electrons. The number of thiophene rings is 1. The molecule has 0 unspecified atom stereocenters. The lowest BCUT2D eigenvalue weighted by Crippen LogP contribution is -2.47. The van der Waals surface area contributed by atoms with Crippen LogP contribution >= 0.6 is 11.3 Å². The normalized spacial score (nSPS) is 22.8. The topological polar surface area (TPSA) is 70.6 Å². The van der Waals surface area contributed by atoms with Gasteiger partial charge in [0.25, 0.3) is 0 Å². The van der Waals surface area contributed by atoms with Crippen molar-refractivity contribution in [3.05, 3.63) is 58.3 Å². The van der Waals surface area contributed by atoms with Crippen molar-refractivity contribution in [2.45, 2.75) is 31.1 Å². The third-order valence-corrected chi connectivity index (χ3v) is 4.96. The highest BCUT2D eigenvalue weighted by atomic mass is 32.1. The fourth-order valence-electron chi connectivity index (χ4n) is 2.85. The smallest absolute Gasteiger partial charge is 0.315 e. The third-order valence-electron chi connectivity index (χ3n) is 4.27. The first kappa shape index (κ1) is 17.0. The van der Waals surface area contributed by atoms with Crippen LogP contribution in [0.1, 0.15) is 30.6 Å². The molecular formula is C18H22N2O3S. The van der Waals surface area contributed by atoms with Gasteiger partial charge in [0.2, 0.25) is 0 Å². The van der Waals surface area contributed by atoms with E-state index >= 15 is 0 Å². The van der Waals surface area contributed by atoms with E-state index in [0.29, 0.717) is 6.61 Å². The van der Waals surface area contributed by atoms with Crippen LogP contribution in [0.15, 0.2) is 47.2 Å². The number of ether oxygens (including phenoxy) is 1. The van der Waals surface area contributed by atoms with Crippen LogP contribution in [-0.2, 0) is 10.3 Å². The SMILES string of the molecule is C[C@](O)(CNC(=O)N[C@@H]1CCO[C@H]1c1ccccc1)c1ccsc1. The molecule has 1 fully saturated rings. The summed E-state index contributed by atoms with van der Waals surface area (Å²) < 4.78 is 5.77. The van der Waals surface area contributed by atoms with Gasteiger partial charge in [-0.15, -0.1) is 0 Å². The lowest BCUT2D eigenvalue weighted by atomic mass is 9.99. The molecule has 3 rings (SSSR count). The second-order valence-corrected chi connectivity index (χ2v) is 6.99. The lowest BCUT2D eigenvalue weighted by molar-refractivity contribution is 0.0593. The number of hydrogen-bond acceptors (Lipinski definition) is 4. The van der Waals surface area contributed by atoms with Crippen molar-refractivity contribution in [3.8, 4) is 0 Å². The van der Waals surface area contributed by atoms with Crippen molar-refractivity contribution < 1.29 is 14.6 Å². The van der Waals surface area contributed by atoms with Crippen molar-refractivity contribution in [1.82, 2.24) is 10.6 Å². The number of nitrogens with one attached hydrogen (secondary N) is 2. The maximum Gasteiger partial charge on any atom is 0.315 e. The Kier molecular flexibility index (Phi) is 5.18. The minimum absolute atomic E-state index is 0.0708. The molecule has 2 heterocycles. The number of amides is 2. The first-order valence-corrected chi connectivity index (χ1v) is 8.96. The largest absolute Gasteiger partial charge is 0.384 e. The Morgan fingerprint density at radius 1 is 1.38 bits per heavy atom. The number of benzene rings is 1. The Morgan fingerprint density at radius 3 is 2.88 bits per heavy atom. The molecule has 3 N–H and O–H groups in total. The Bertz CT molecular complexity index is 658. The monoisotopic (exact) mass is 346 g/mol. The van der Waals surface area contributed by atoms with Gasteiger partial charge < -0.3 is 20.5 Å². The minimum atomic E-state index is -1.08. The van der Waals surface area contributed by atoms with Crippen molar-refractivity contribution in [3.63, 3.8) is 0 Å². The van der Waals surface area contributed by atoms with Gasteiger partial charge in [0.05, 0.1) is 12.6 Å². The number of carbonyl (C=O) groups is 1. The first-order valence-electron chi connectivity index (χ1n) is 8.02. The van der Waals surface area contributed by atoms with Crippen LogP contribution in [0.5, 0.6) is 0 Å². The van der Waals surface area contributed by atoms with Gasteiger partial charge in [0.15, 0.2) is 0 Å². The summed E-state index contributed by atoms with van der Waals surface area (Å²) in [5, 5.41) is 20.0. The summed E-state index contributed by atoms with van der Waals surface area (Å²) in [4.78, 5) is 12.2. The van der Waals surface area contributed by atoms with Crippen LogP contribution in [0.2, 0.25) is 0 Å². The molecule has 24 heavy (non-hydrogen) atoms. The van der Waals surface area contributed by atoms with Crippen LogP contribution in [0, 0.1) is 0 Å². The summed E-state index contributed by atoms with van der Waals surface area (Å²) >= 11 is 1.52. The van der Waals surface area contributed by atoms with E-state index in [2.05, 4.69) is 10.6 Å². The number of rotatable bonds is 5. The highest BCUT2D eigenvalue weighted by Gasteiger charge is 2.31. The van der Waals surface area contributed by atoms with Gasteiger partial charge in [0, 0.05) is 6.61 Å². The van der Waals surface area contributed by atoms with Crippen molar-refractivity contribution in [1.29, 1.82) is 0 Å². The molecule has 1 saturated heterocycles. The van der Waals surface area contributed by atoms with Gasteiger partial charge in [-0.3, -0.25) is 0 Å². The Labute approximate surface area is 145 Å². The van der Waals surface area contributed by atoms with Crippen LogP contribution in [0.3, 0.4) is 0 Å². The molecule has 0 spiro atoms. The van der Waals surface area contributed by atoms with Gasteiger partial charge in [0.1, 0.15) is 11.7 Å². The summed E-state index contributed by atoms with van der Waals surface area (Å²) in [6.45, 7) is 2.47. The number of carbonyl (C=O) groups excluding carboxylic acids is 1. The predicted octanol–water partition coefficient (Wildman–Crippen LogP) is 2.79. The zero-order valence-corrected chi connectivity index (χ0v) is 14.4. The first-order chi connectivity index (χ1) is 11.6. The van der Waals surface area contributed by atoms with E-state index in [9.17, 15) is 9.90 Å². The zero-order chi connectivity index (χ0) is 17.0. The molecule has 0 bridgehead atoms. The molecule has 5 nitrogen and oxygen atoms in total. The van der Waals surface area contributed by atoms with Gasteiger partial charge in [-0.1, -0.05) is 30.3 Å². The molecule has 6 heteroatoms. The van der Waals surface area contributed by atoms with E-state index in [0.717, 1.165) is 17.5 Å². The quantitative estimate of drug-likeness (QED) is 0.780. The predicted molar refractivity (Wildman–Crippen MR) is 94.0 cm³/mol. The molecule has 2 aromatic rings. The van der Waals surface area contributed by atoms with E-state index in [1.54, 1.807) is 6.92 Å². The summed E-state index contributed by atoms with van der Waals surface area (Å²) in [7, 11) is 0. The standard InChI is InChI=1S/C18H22N2O3S/c1-18(22,14-8-10-24-11-14)12-19-17(21)20-15-7-9-23-16(15)13-5-3-2-4-6-13/h2-6,8,10-11,15-16,22H,7,9,12H2,1H3,(H2,19,20,21)/t15-,16+,18+/m1/s1. The van der Waals surface area contributed by atoms with E-state index in [-0.39, 0.29) is 24.7 Å². The van der Waals surface area contributed by atoms with Gasteiger partial charge >= 0.3 is 6.03 Å². The molecule has 1 aromatic heterocycles. The molecule has 1 aliphatic rings. The fraction of sp³-hybridized carbons (Fsp3) is 0.389. The number of aliphatic hydroxyl groups is 1. The third kappa shape index (κ3) is 3.95. The van der Waals surface area contributed by atoms with Crippen molar-refractivity contribution in [2.24, 2.45) is 0 Å². The fourth-order valence-corrected chi connectivity index (χ4v) is 3.64. The Balaban J connectivity index is 1.55. The highest BCUT2D eigenvalue weighted by Crippen LogP contribution is 2.29. The van der Waals surface area contributed by atoms with Gasteiger partial charge in [-0.2, -0.15) is 11.3 Å². The maximum atomic E-state index is 12.2. The second kappa shape index (κ2) is 7.34. The lowest BCUT2D eigenvalue weighted by Gasteiger charge is -2.25. The van der Waals surface area contributed by atoms with Crippen molar-refractivity contribution >= 4 is 17.4 Å². The molecule has 3 atom stereocenters. The highest BCUT2D eigenvalue weighted by molar-refractivity contribution is 7.08. The van der Waals surface area contributed by atoms with Crippen LogP contribution < -0.4 is 10.6 Å². The Morgan fingerprint density at radius 2 is 2.17 bits per heavy atom. The molecule has 1 aliphatic heterocycles. The van der Waals surface area contributed by atoms with E-state index in [1.807, 2.05) is 47.2 Å². The number of urea groups is 1. The molecule has 0 aliphatic carbocycles. The van der Waals surface area contributed by atoms with Crippen molar-refractivity contribution in [2.75, 3.05) is 13.2 Å². The molecular weight excluding hydrogens is 324 g/mol. The molecule has 2 amide bonds. The van der Waals surface area contributed by atoms with Crippen LogP contribution in [-0.4, -0.2) is 30.3 Å². The van der Waals surface area contributed by atoms with Crippen LogP contribution in [0.25, 0.3) is 0 Å². The minimum Gasteiger partial charge on any atom is -0.384 e. The Hall–Kier alpha value is -1.89. The molecule has 0 saturated carbocycles.